The molecule has 2 bridgehead atoms. The lowest BCUT2D eigenvalue weighted by atomic mass is 9.67. The van der Waals surface area contributed by atoms with Crippen molar-refractivity contribution in [3.63, 3.8) is 0 Å². The normalized spacial score (nSPS) is 33.1. The molecular formula is C19H24O. The molecule has 0 aromatic heterocycles. The number of fused-ring (bicyclic) bond motifs is 2. The summed E-state index contributed by atoms with van der Waals surface area (Å²) < 4.78 is 0. The minimum Gasteiger partial charge on any atom is -0.294 e. The van der Waals surface area contributed by atoms with Crippen LogP contribution in [0.4, 0.5) is 0 Å². The second kappa shape index (κ2) is 4.31. The van der Waals surface area contributed by atoms with Gasteiger partial charge in [-0.15, -0.1) is 0 Å². The van der Waals surface area contributed by atoms with Crippen LogP contribution in [0.2, 0.25) is 0 Å². The van der Waals surface area contributed by atoms with Crippen LogP contribution in [-0.4, -0.2) is 5.78 Å². The van der Waals surface area contributed by atoms with E-state index in [0.29, 0.717) is 11.7 Å². The lowest BCUT2D eigenvalue weighted by Crippen LogP contribution is -2.35. The lowest BCUT2D eigenvalue weighted by Gasteiger charge is -2.34. The van der Waals surface area contributed by atoms with E-state index < -0.39 is 0 Å². The third-order valence-electron chi connectivity index (χ3n) is 6.00. The van der Waals surface area contributed by atoms with Gasteiger partial charge in [0.1, 0.15) is 0 Å². The van der Waals surface area contributed by atoms with E-state index in [4.69, 9.17) is 0 Å². The molecule has 2 unspecified atom stereocenters. The molecule has 1 aromatic carbocycles. The maximum atomic E-state index is 13.0. The van der Waals surface area contributed by atoms with Crippen LogP contribution >= 0.6 is 0 Å². The van der Waals surface area contributed by atoms with Crippen LogP contribution in [0.5, 0.6) is 0 Å². The number of allylic oxidation sites excluding steroid dienone is 1. The Hall–Kier alpha value is -1.37. The van der Waals surface area contributed by atoms with Crippen molar-refractivity contribution in [2.75, 3.05) is 0 Å². The third kappa shape index (κ3) is 1.58. The summed E-state index contributed by atoms with van der Waals surface area (Å²) in [7, 11) is 0. The number of Topliss-reactive ketones (excluding diaryl/α,β-unsaturated/α-hetero) is 1. The van der Waals surface area contributed by atoms with Gasteiger partial charge in [0.25, 0.3) is 0 Å². The van der Waals surface area contributed by atoms with Crippen molar-refractivity contribution in [2.24, 2.45) is 16.7 Å². The van der Waals surface area contributed by atoms with Gasteiger partial charge in [0.05, 0.1) is 0 Å². The molecular weight excluding hydrogens is 244 g/mol. The number of hydrogen-bond acceptors (Lipinski definition) is 1. The monoisotopic (exact) mass is 268 g/mol. The van der Waals surface area contributed by atoms with Crippen molar-refractivity contribution in [2.45, 2.75) is 47.0 Å². The van der Waals surface area contributed by atoms with Gasteiger partial charge in [-0.25, -0.2) is 0 Å². The van der Waals surface area contributed by atoms with Gasteiger partial charge in [0.15, 0.2) is 5.78 Å². The molecule has 2 atom stereocenters. The fourth-order valence-electron chi connectivity index (χ4n) is 4.69. The molecule has 2 fully saturated rings. The molecule has 0 spiro atoms. The molecule has 1 aromatic rings. The van der Waals surface area contributed by atoms with E-state index in [2.05, 4.69) is 58.0 Å². The Bertz CT molecular complexity index is 594. The average molecular weight is 268 g/mol. The molecule has 0 aliphatic heterocycles. The summed E-state index contributed by atoms with van der Waals surface area (Å²) in [6.07, 6.45) is 5.37. The fourth-order valence-corrected chi connectivity index (χ4v) is 4.69. The highest BCUT2D eigenvalue weighted by Crippen LogP contribution is 2.67. The van der Waals surface area contributed by atoms with Crippen molar-refractivity contribution >= 4 is 11.9 Å². The molecule has 1 nitrogen and oxygen atoms in total. The SMILES string of the molecule is CCC12CCC(/C(=C/c3cccc(C)c3)C1=O)C2(C)C. The molecule has 2 saturated carbocycles. The van der Waals surface area contributed by atoms with E-state index in [1.165, 1.54) is 17.5 Å². The van der Waals surface area contributed by atoms with E-state index in [1.807, 2.05) is 0 Å². The zero-order chi connectivity index (χ0) is 14.5. The minimum atomic E-state index is -0.104. The van der Waals surface area contributed by atoms with Crippen molar-refractivity contribution in [1.29, 1.82) is 0 Å². The number of ketones is 1. The van der Waals surface area contributed by atoms with Crippen LogP contribution in [0.3, 0.4) is 0 Å². The lowest BCUT2D eigenvalue weighted by molar-refractivity contribution is -0.126. The summed E-state index contributed by atoms with van der Waals surface area (Å²) >= 11 is 0. The largest absolute Gasteiger partial charge is 0.294 e. The average Bonchev–Trinajstić information content (AvgIpc) is 2.74. The number of rotatable bonds is 2. The van der Waals surface area contributed by atoms with E-state index in [9.17, 15) is 4.79 Å². The predicted octanol–water partition coefficient (Wildman–Crippen LogP) is 4.79. The van der Waals surface area contributed by atoms with E-state index >= 15 is 0 Å². The summed E-state index contributed by atoms with van der Waals surface area (Å²) in [5, 5.41) is 0. The molecule has 0 amide bonds. The number of carbonyl (C=O) groups excluding carboxylic acids is 1. The molecule has 106 valence electrons. The van der Waals surface area contributed by atoms with E-state index in [0.717, 1.165) is 18.4 Å². The van der Waals surface area contributed by atoms with Crippen LogP contribution in [0, 0.1) is 23.7 Å². The Morgan fingerprint density at radius 2 is 2.10 bits per heavy atom. The molecule has 0 radical (unpaired) electrons. The Morgan fingerprint density at radius 1 is 1.35 bits per heavy atom. The first-order valence-electron chi connectivity index (χ1n) is 7.75. The highest BCUT2D eigenvalue weighted by Gasteiger charge is 2.65. The summed E-state index contributed by atoms with van der Waals surface area (Å²) in [4.78, 5) is 13.0. The van der Waals surface area contributed by atoms with Gasteiger partial charge in [-0.05, 0) is 54.7 Å². The smallest absolute Gasteiger partial charge is 0.165 e. The highest BCUT2D eigenvalue weighted by atomic mass is 16.1. The Labute approximate surface area is 122 Å². The number of carbonyl (C=O) groups is 1. The van der Waals surface area contributed by atoms with Gasteiger partial charge >= 0.3 is 0 Å². The van der Waals surface area contributed by atoms with Gasteiger partial charge in [0.2, 0.25) is 0 Å². The minimum absolute atomic E-state index is 0.104. The first-order valence-corrected chi connectivity index (χ1v) is 7.75. The van der Waals surface area contributed by atoms with Crippen LogP contribution in [0.25, 0.3) is 6.08 Å². The van der Waals surface area contributed by atoms with E-state index in [1.54, 1.807) is 0 Å². The predicted molar refractivity (Wildman–Crippen MR) is 83.4 cm³/mol. The zero-order valence-corrected chi connectivity index (χ0v) is 13.0. The van der Waals surface area contributed by atoms with Crippen LogP contribution < -0.4 is 0 Å². The second-order valence-corrected chi connectivity index (χ2v) is 7.09. The number of aryl methyl sites for hydroxylation is 1. The summed E-state index contributed by atoms with van der Waals surface area (Å²) in [6.45, 7) is 8.87. The summed E-state index contributed by atoms with van der Waals surface area (Å²) in [6, 6.07) is 8.44. The van der Waals surface area contributed by atoms with Gasteiger partial charge in [0, 0.05) is 5.41 Å². The Kier molecular flexibility index (Phi) is 2.93. The molecule has 0 heterocycles. The number of hydrogen-bond donors (Lipinski definition) is 0. The topological polar surface area (TPSA) is 17.1 Å². The summed E-state index contributed by atoms with van der Waals surface area (Å²) in [5.41, 5.74) is 3.51. The van der Waals surface area contributed by atoms with Gasteiger partial charge in [-0.2, -0.15) is 0 Å². The van der Waals surface area contributed by atoms with Crippen LogP contribution in [-0.2, 0) is 4.79 Å². The first kappa shape index (κ1) is 13.6. The fraction of sp³-hybridized carbons (Fsp3) is 0.526. The molecule has 2 aliphatic rings. The molecule has 20 heavy (non-hydrogen) atoms. The Balaban J connectivity index is 2.07. The molecule has 3 rings (SSSR count). The van der Waals surface area contributed by atoms with Crippen LogP contribution in [0.1, 0.15) is 51.2 Å². The van der Waals surface area contributed by atoms with Crippen molar-refractivity contribution in [3.05, 3.63) is 41.0 Å². The van der Waals surface area contributed by atoms with E-state index in [-0.39, 0.29) is 10.8 Å². The molecule has 0 saturated heterocycles. The maximum absolute atomic E-state index is 13.0. The maximum Gasteiger partial charge on any atom is 0.165 e. The third-order valence-corrected chi connectivity index (χ3v) is 6.00. The Morgan fingerprint density at radius 3 is 2.70 bits per heavy atom. The molecule has 2 aliphatic carbocycles. The summed E-state index contributed by atoms with van der Waals surface area (Å²) in [5.74, 6) is 0.859. The van der Waals surface area contributed by atoms with Gasteiger partial charge in [-0.1, -0.05) is 50.6 Å². The molecule has 0 N–H and O–H groups in total. The second-order valence-electron chi connectivity index (χ2n) is 7.09. The van der Waals surface area contributed by atoms with Crippen molar-refractivity contribution in [1.82, 2.24) is 0 Å². The standard InChI is InChI=1S/C19H24O/c1-5-19-10-9-16(18(19,3)4)15(17(19)20)12-14-8-6-7-13(2)11-14/h6-8,11-12,16H,5,9-10H2,1-4H3/b15-12-. The van der Waals surface area contributed by atoms with Crippen LogP contribution in [0.15, 0.2) is 29.8 Å². The van der Waals surface area contributed by atoms with Gasteiger partial charge < -0.3 is 0 Å². The highest BCUT2D eigenvalue weighted by molar-refractivity contribution is 6.08. The first-order chi connectivity index (χ1) is 9.42. The quantitative estimate of drug-likeness (QED) is 0.704. The number of benzene rings is 1. The molecule has 1 heteroatoms. The van der Waals surface area contributed by atoms with Gasteiger partial charge in [-0.3, -0.25) is 4.79 Å². The zero-order valence-electron chi connectivity index (χ0n) is 13.0. The van der Waals surface area contributed by atoms with Crippen molar-refractivity contribution in [3.8, 4) is 0 Å². The van der Waals surface area contributed by atoms with Crippen molar-refractivity contribution < 1.29 is 4.79 Å².